The molecule has 0 aliphatic rings. The summed E-state index contributed by atoms with van der Waals surface area (Å²) in [6.07, 6.45) is 0. The van der Waals surface area contributed by atoms with Gasteiger partial charge in [-0.3, -0.25) is 4.79 Å². The van der Waals surface area contributed by atoms with Crippen LogP contribution in [0.15, 0.2) is 95.9 Å². The Morgan fingerprint density at radius 3 is 2.12 bits per heavy atom. The highest BCUT2D eigenvalue weighted by Gasteiger charge is 2.24. The fraction of sp³-hybridized carbons (Fsp3) is 0. The van der Waals surface area contributed by atoms with Gasteiger partial charge in [0.2, 0.25) is 0 Å². The van der Waals surface area contributed by atoms with Gasteiger partial charge >= 0.3 is 0 Å². The van der Waals surface area contributed by atoms with Gasteiger partial charge in [0, 0.05) is 11.3 Å². The molecular weight excluding hydrogens is 446 g/mol. The van der Waals surface area contributed by atoms with Gasteiger partial charge in [0.05, 0.1) is 0 Å². The molecule has 4 rings (SSSR count). The van der Waals surface area contributed by atoms with Crippen molar-refractivity contribution >= 4 is 28.6 Å². The van der Waals surface area contributed by atoms with Crippen LogP contribution in [0.3, 0.4) is 0 Å². The Morgan fingerprint density at radius 1 is 0.818 bits per heavy atom. The maximum absolute atomic E-state index is 13.9. The first-order chi connectivity index (χ1) is 15.9. The van der Waals surface area contributed by atoms with E-state index < -0.39 is 33.8 Å². The number of amides is 1. The van der Waals surface area contributed by atoms with Gasteiger partial charge in [-0.2, -0.15) is 4.72 Å². The first-order valence-corrected chi connectivity index (χ1v) is 11.0. The third-order valence-corrected chi connectivity index (χ3v) is 5.98. The van der Waals surface area contributed by atoms with Crippen LogP contribution in [0, 0.1) is 11.6 Å². The van der Waals surface area contributed by atoms with Crippen LogP contribution in [-0.4, -0.2) is 15.6 Å². The van der Waals surface area contributed by atoms with Crippen LogP contribution in [-0.2, 0) is 11.4 Å². The fourth-order valence-electron chi connectivity index (χ4n) is 3.15. The number of hydrogen-bond donors (Lipinski definition) is 3. The van der Waals surface area contributed by atoms with E-state index in [2.05, 4.69) is 10.0 Å². The molecule has 0 spiro atoms. The van der Waals surface area contributed by atoms with Gasteiger partial charge in [0.1, 0.15) is 22.8 Å². The minimum atomic E-state index is -2.32. The Balaban J connectivity index is 1.49. The second-order valence-corrected chi connectivity index (χ2v) is 8.20. The normalized spacial score (nSPS) is 11.6. The Morgan fingerprint density at radius 2 is 1.45 bits per heavy atom. The summed E-state index contributed by atoms with van der Waals surface area (Å²) in [7, 11) is 0. The minimum absolute atomic E-state index is 0.0618. The minimum Gasteiger partial charge on any atom is -0.588 e. The second kappa shape index (κ2) is 9.72. The van der Waals surface area contributed by atoms with Crippen molar-refractivity contribution in [3.63, 3.8) is 0 Å². The number of halogens is 2. The zero-order valence-electron chi connectivity index (χ0n) is 17.1. The molecule has 1 atom stereocenters. The Hall–Kier alpha value is -3.88. The van der Waals surface area contributed by atoms with Crippen LogP contribution in [0.1, 0.15) is 10.4 Å². The topological polar surface area (TPSA) is 84.4 Å². The summed E-state index contributed by atoms with van der Waals surface area (Å²) in [5, 5.41) is 12.7. The number of carbonyl (C=O) groups excluding carboxylic acids is 1. The summed E-state index contributed by atoms with van der Waals surface area (Å²) in [6.45, 7) is 0. The van der Waals surface area contributed by atoms with Crippen molar-refractivity contribution in [1.82, 2.24) is 0 Å². The fourth-order valence-corrected chi connectivity index (χ4v) is 4.11. The number of rotatable bonds is 6. The molecule has 1 amide bonds. The number of carbonyl (C=O) groups is 1. The summed E-state index contributed by atoms with van der Waals surface area (Å²) in [4.78, 5) is 12.0. The third-order valence-electron chi connectivity index (χ3n) is 4.82. The van der Waals surface area contributed by atoms with Crippen LogP contribution in [0.2, 0.25) is 0 Å². The van der Waals surface area contributed by atoms with Gasteiger partial charge in [-0.25, -0.2) is 8.78 Å². The van der Waals surface area contributed by atoms with Crippen LogP contribution in [0.5, 0.6) is 5.75 Å². The lowest BCUT2D eigenvalue weighted by molar-refractivity contribution is 0.102. The van der Waals surface area contributed by atoms with Gasteiger partial charge in [-0.15, -0.1) is 0 Å². The smallest absolute Gasteiger partial charge is 0.255 e. The van der Waals surface area contributed by atoms with E-state index in [0.717, 1.165) is 29.3 Å². The van der Waals surface area contributed by atoms with E-state index in [9.17, 15) is 23.2 Å². The number of anilines is 2. The average molecular weight is 464 g/mol. The molecule has 0 aromatic heterocycles. The highest BCUT2D eigenvalue weighted by molar-refractivity contribution is 7.92. The number of hydrogen-bond acceptors (Lipinski definition) is 4. The van der Waals surface area contributed by atoms with E-state index in [0.29, 0.717) is 11.3 Å². The van der Waals surface area contributed by atoms with E-state index in [1.807, 2.05) is 42.5 Å². The summed E-state index contributed by atoms with van der Waals surface area (Å²) < 4.78 is 42.6. The molecule has 0 fully saturated rings. The molecule has 4 aromatic carbocycles. The van der Waals surface area contributed by atoms with Crippen LogP contribution in [0.4, 0.5) is 20.2 Å². The van der Waals surface area contributed by atoms with Gasteiger partial charge in [-0.1, -0.05) is 48.5 Å². The van der Waals surface area contributed by atoms with E-state index in [1.165, 1.54) is 18.2 Å². The number of phenolic OH excluding ortho intramolecular Hbond substituents is 1. The predicted octanol–water partition coefficient (Wildman–Crippen LogP) is 5.72. The molecule has 0 saturated heterocycles. The molecule has 5 nitrogen and oxygen atoms in total. The zero-order valence-corrected chi connectivity index (χ0v) is 17.9. The van der Waals surface area contributed by atoms with Gasteiger partial charge in [-0.05, 0) is 53.6 Å². The van der Waals surface area contributed by atoms with Gasteiger partial charge in [0.15, 0.2) is 11.6 Å². The molecule has 0 heterocycles. The summed E-state index contributed by atoms with van der Waals surface area (Å²) >= 11 is -2.32. The van der Waals surface area contributed by atoms with Crippen molar-refractivity contribution in [2.24, 2.45) is 0 Å². The first kappa shape index (κ1) is 22.3. The molecule has 4 aromatic rings. The molecule has 0 aliphatic carbocycles. The molecule has 166 valence electrons. The molecule has 0 radical (unpaired) electrons. The second-order valence-electron chi connectivity index (χ2n) is 7.05. The zero-order chi connectivity index (χ0) is 23.4. The highest BCUT2D eigenvalue weighted by atomic mass is 32.2. The first-order valence-electron chi connectivity index (χ1n) is 9.84. The third kappa shape index (κ3) is 5.14. The number of benzene rings is 4. The molecule has 0 bridgehead atoms. The standard InChI is InChI=1S/C25H18F2N2O3S/c26-20-7-4-8-21(27)24(20)33(32)29-22-15-19(13-14-23(22)30)28-25(31)18-11-9-17(10-12-18)16-5-2-1-3-6-16/h1-15,29-30H,(H,28,31). The SMILES string of the molecule is O=C(Nc1ccc(O)c(N[S+]([O-])c2c(F)cccc2F)c1)c1ccc(-c2ccccc2)cc1. The summed E-state index contributed by atoms with van der Waals surface area (Å²) in [6, 6.07) is 23.9. The largest absolute Gasteiger partial charge is 0.588 e. The molecule has 0 saturated carbocycles. The average Bonchev–Trinajstić information content (AvgIpc) is 2.82. The summed E-state index contributed by atoms with van der Waals surface area (Å²) in [5.41, 5.74) is 2.63. The lowest BCUT2D eigenvalue weighted by Crippen LogP contribution is -2.17. The monoisotopic (exact) mass is 464 g/mol. The maximum atomic E-state index is 13.9. The predicted molar refractivity (Wildman–Crippen MR) is 124 cm³/mol. The molecule has 3 N–H and O–H groups in total. The van der Waals surface area contributed by atoms with E-state index >= 15 is 0 Å². The quantitative estimate of drug-likeness (QED) is 0.193. The van der Waals surface area contributed by atoms with Gasteiger partial charge in [0.25, 0.3) is 10.8 Å². The van der Waals surface area contributed by atoms with E-state index in [4.69, 9.17) is 0 Å². The van der Waals surface area contributed by atoms with Crippen molar-refractivity contribution in [2.75, 3.05) is 10.0 Å². The van der Waals surface area contributed by atoms with Crippen LogP contribution < -0.4 is 10.0 Å². The van der Waals surface area contributed by atoms with Crippen LogP contribution >= 0.6 is 0 Å². The molecule has 0 aliphatic heterocycles. The number of aromatic hydroxyl groups is 1. The molecule has 33 heavy (non-hydrogen) atoms. The van der Waals surface area contributed by atoms with E-state index in [-0.39, 0.29) is 11.4 Å². The highest BCUT2D eigenvalue weighted by Crippen LogP contribution is 2.30. The van der Waals surface area contributed by atoms with Crippen molar-refractivity contribution in [3.8, 4) is 16.9 Å². The Bertz CT molecular complexity index is 1260. The van der Waals surface area contributed by atoms with Crippen molar-refractivity contribution in [1.29, 1.82) is 0 Å². The van der Waals surface area contributed by atoms with Gasteiger partial charge < -0.3 is 15.0 Å². The maximum Gasteiger partial charge on any atom is 0.255 e. The number of nitrogens with one attached hydrogen (secondary N) is 2. The molecule has 1 unspecified atom stereocenters. The molecule has 8 heteroatoms. The van der Waals surface area contributed by atoms with E-state index in [1.54, 1.807) is 12.1 Å². The van der Waals surface area contributed by atoms with Crippen molar-refractivity contribution in [2.45, 2.75) is 4.90 Å². The molecular formula is C25H18F2N2O3S. The summed E-state index contributed by atoms with van der Waals surface area (Å²) in [5.74, 6) is -2.66. The van der Waals surface area contributed by atoms with Crippen LogP contribution in [0.25, 0.3) is 11.1 Å². The van der Waals surface area contributed by atoms with Crippen molar-refractivity contribution in [3.05, 3.63) is 108 Å². The lowest BCUT2D eigenvalue weighted by Gasteiger charge is -2.14. The lowest BCUT2D eigenvalue weighted by atomic mass is 10.0. The van der Waals surface area contributed by atoms with Crippen molar-refractivity contribution < 1.29 is 23.2 Å². The number of phenols is 1. The Kier molecular flexibility index (Phi) is 6.58. The Labute approximate surface area is 192 Å².